The summed E-state index contributed by atoms with van der Waals surface area (Å²) in [6.07, 6.45) is 10.0. The van der Waals surface area contributed by atoms with Crippen LogP contribution >= 0.6 is 0 Å². The van der Waals surface area contributed by atoms with Crippen LogP contribution in [0.4, 0.5) is 0 Å². The van der Waals surface area contributed by atoms with E-state index >= 15 is 0 Å². The number of carbonyl (C=O) groups excluding carboxylic acids is 2. The Balaban J connectivity index is 1.72. The number of allylic oxidation sites excluding steroid dienone is 1. The second-order valence-corrected chi connectivity index (χ2v) is 9.29. The maximum atomic E-state index is 12.5. The van der Waals surface area contributed by atoms with Crippen molar-refractivity contribution in [2.24, 2.45) is 40.4 Å². The minimum absolute atomic E-state index is 0.0550. The Kier molecular flexibility index (Phi) is 3.42. The van der Waals surface area contributed by atoms with Gasteiger partial charge in [0.2, 0.25) is 0 Å². The maximum Gasteiger partial charge on any atom is 0.139 e. The zero-order valence-corrected chi connectivity index (χ0v) is 14.6. The fourth-order valence-corrected chi connectivity index (χ4v) is 7.22. The van der Waals surface area contributed by atoms with Crippen molar-refractivity contribution < 1.29 is 9.59 Å². The van der Waals surface area contributed by atoms with E-state index in [-0.39, 0.29) is 10.8 Å². The number of fused-ring (bicyclic) bond motifs is 5. The Morgan fingerprint density at radius 1 is 1.04 bits per heavy atom. The van der Waals surface area contributed by atoms with Crippen molar-refractivity contribution in [3.8, 4) is 0 Å². The van der Waals surface area contributed by atoms with Crippen molar-refractivity contribution in [1.29, 1.82) is 0 Å². The summed E-state index contributed by atoms with van der Waals surface area (Å²) >= 11 is 0. The van der Waals surface area contributed by atoms with Gasteiger partial charge in [-0.05, 0) is 67.1 Å². The first kappa shape index (κ1) is 15.6. The minimum Gasteiger partial charge on any atom is -0.300 e. The van der Waals surface area contributed by atoms with E-state index in [0.717, 1.165) is 44.9 Å². The van der Waals surface area contributed by atoms with Gasteiger partial charge in [0.1, 0.15) is 11.6 Å². The summed E-state index contributed by atoms with van der Waals surface area (Å²) in [7, 11) is 0. The van der Waals surface area contributed by atoms with Crippen LogP contribution in [0.2, 0.25) is 0 Å². The third-order valence-electron chi connectivity index (χ3n) is 8.59. The molecule has 7 atom stereocenters. The molecular formula is C21H30O2. The van der Waals surface area contributed by atoms with Crippen LogP contribution in [0.1, 0.15) is 65.2 Å². The highest BCUT2D eigenvalue weighted by molar-refractivity contribution is 5.87. The largest absolute Gasteiger partial charge is 0.300 e. The van der Waals surface area contributed by atoms with E-state index in [2.05, 4.69) is 26.5 Å². The number of Topliss-reactive ketones (excluding diaryl/α,β-unsaturated/α-hetero) is 2. The molecule has 4 aliphatic carbocycles. The van der Waals surface area contributed by atoms with Gasteiger partial charge in [0, 0.05) is 24.7 Å². The van der Waals surface area contributed by atoms with E-state index in [1.54, 1.807) is 0 Å². The first-order valence-corrected chi connectivity index (χ1v) is 9.57. The Morgan fingerprint density at radius 2 is 1.83 bits per heavy atom. The molecule has 0 bridgehead atoms. The maximum absolute atomic E-state index is 12.5. The lowest BCUT2D eigenvalue weighted by atomic mass is 9.43. The normalized spacial score (nSPS) is 52.5. The van der Waals surface area contributed by atoms with Crippen molar-refractivity contribution in [1.82, 2.24) is 0 Å². The molecule has 4 aliphatic rings. The van der Waals surface area contributed by atoms with Gasteiger partial charge >= 0.3 is 0 Å². The molecule has 0 heterocycles. The quantitative estimate of drug-likeness (QED) is 0.664. The molecule has 0 radical (unpaired) electrons. The van der Waals surface area contributed by atoms with Gasteiger partial charge in [-0.2, -0.15) is 0 Å². The van der Waals surface area contributed by atoms with Gasteiger partial charge in [-0.1, -0.05) is 19.9 Å². The number of hydrogen-bond acceptors (Lipinski definition) is 2. The van der Waals surface area contributed by atoms with Gasteiger partial charge in [-0.25, -0.2) is 0 Å². The molecule has 4 rings (SSSR count). The Morgan fingerprint density at radius 3 is 2.57 bits per heavy atom. The van der Waals surface area contributed by atoms with Crippen LogP contribution in [0.25, 0.3) is 0 Å². The molecule has 2 nitrogen and oxygen atoms in total. The molecule has 23 heavy (non-hydrogen) atoms. The molecule has 0 saturated heterocycles. The van der Waals surface area contributed by atoms with Crippen LogP contribution in [-0.4, -0.2) is 11.6 Å². The predicted octanol–water partition coefficient (Wildman–Crippen LogP) is 4.58. The summed E-state index contributed by atoms with van der Waals surface area (Å²) in [4.78, 5) is 24.6. The second-order valence-electron chi connectivity index (χ2n) is 9.29. The Hall–Kier alpha value is -0.920. The minimum atomic E-state index is -0.0550. The zero-order chi connectivity index (χ0) is 16.4. The lowest BCUT2D eigenvalue weighted by Gasteiger charge is -2.61. The molecule has 0 aromatic carbocycles. The average molecular weight is 314 g/mol. The van der Waals surface area contributed by atoms with Gasteiger partial charge in [0.25, 0.3) is 0 Å². The highest BCUT2D eigenvalue weighted by atomic mass is 16.1. The molecule has 2 heteroatoms. The summed E-state index contributed by atoms with van der Waals surface area (Å²) in [5.74, 6) is 3.87. The monoisotopic (exact) mass is 314 g/mol. The summed E-state index contributed by atoms with van der Waals surface area (Å²) in [5.41, 5.74) is 0.225. The van der Waals surface area contributed by atoms with Crippen LogP contribution < -0.4 is 0 Å². The molecule has 0 amide bonds. The predicted molar refractivity (Wildman–Crippen MR) is 90.8 cm³/mol. The molecule has 4 saturated carbocycles. The fraction of sp³-hybridized carbons (Fsp3) is 0.810. The summed E-state index contributed by atoms with van der Waals surface area (Å²) < 4.78 is 0. The van der Waals surface area contributed by atoms with Gasteiger partial charge in [0.15, 0.2) is 0 Å². The first-order valence-electron chi connectivity index (χ1n) is 9.57. The smallest absolute Gasteiger partial charge is 0.139 e. The van der Waals surface area contributed by atoms with Crippen molar-refractivity contribution >= 4 is 11.6 Å². The van der Waals surface area contributed by atoms with Gasteiger partial charge in [-0.15, -0.1) is 6.58 Å². The number of carbonyl (C=O) groups is 2. The van der Waals surface area contributed by atoms with Gasteiger partial charge in [0.05, 0.1) is 0 Å². The van der Waals surface area contributed by atoms with E-state index < -0.39 is 0 Å². The van der Waals surface area contributed by atoms with Crippen molar-refractivity contribution in [2.45, 2.75) is 65.2 Å². The lowest BCUT2D eigenvalue weighted by Crippen LogP contribution is -2.56. The molecule has 126 valence electrons. The second kappa shape index (κ2) is 5.04. The number of rotatable bonds is 1. The lowest BCUT2D eigenvalue weighted by molar-refractivity contribution is -0.149. The molecule has 4 fully saturated rings. The standard InChI is InChI=1S/C21H30O2/c1-4-13-11-15-16-5-6-19(23)21(16,3)10-8-17(15)20(2)9-7-14(22)12-18(13)20/h4,13,15-18H,1,5-12H2,2-3H3/t13-,15-,16-,17-,18?,20+,21-/m0/s1. The van der Waals surface area contributed by atoms with Crippen LogP contribution in [0.3, 0.4) is 0 Å². The third kappa shape index (κ3) is 1.99. The van der Waals surface area contributed by atoms with E-state index in [1.165, 1.54) is 6.42 Å². The highest BCUT2D eigenvalue weighted by Gasteiger charge is 2.61. The van der Waals surface area contributed by atoms with Crippen LogP contribution in [0, 0.1) is 40.4 Å². The van der Waals surface area contributed by atoms with Crippen molar-refractivity contribution in [2.75, 3.05) is 0 Å². The third-order valence-corrected chi connectivity index (χ3v) is 8.59. The summed E-state index contributed by atoms with van der Waals surface area (Å²) in [5, 5.41) is 0. The summed E-state index contributed by atoms with van der Waals surface area (Å²) in [6.45, 7) is 8.80. The van der Waals surface area contributed by atoms with Gasteiger partial charge < -0.3 is 0 Å². The van der Waals surface area contributed by atoms with Crippen LogP contribution in [0.15, 0.2) is 12.7 Å². The fourth-order valence-electron chi connectivity index (χ4n) is 7.22. The van der Waals surface area contributed by atoms with E-state index in [1.807, 2.05) is 0 Å². The topological polar surface area (TPSA) is 34.1 Å². The zero-order valence-electron chi connectivity index (χ0n) is 14.6. The van der Waals surface area contributed by atoms with E-state index in [0.29, 0.717) is 41.2 Å². The molecule has 1 unspecified atom stereocenters. The van der Waals surface area contributed by atoms with Crippen LogP contribution in [0.5, 0.6) is 0 Å². The number of hydrogen-bond donors (Lipinski definition) is 0. The van der Waals surface area contributed by atoms with Crippen molar-refractivity contribution in [3.63, 3.8) is 0 Å². The van der Waals surface area contributed by atoms with E-state index in [9.17, 15) is 9.59 Å². The first-order chi connectivity index (χ1) is 10.9. The highest BCUT2D eigenvalue weighted by Crippen LogP contribution is 2.66. The Bertz CT molecular complexity index is 564. The van der Waals surface area contributed by atoms with E-state index in [4.69, 9.17) is 0 Å². The van der Waals surface area contributed by atoms with Crippen LogP contribution in [-0.2, 0) is 9.59 Å². The van der Waals surface area contributed by atoms with Crippen molar-refractivity contribution in [3.05, 3.63) is 12.7 Å². The number of ketones is 2. The average Bonchev–Trinajstić information content (AvgIpc) is 2.83. The SMILES string of the molecule is C=C[C@H]1C[C@@H]2[C@H](CC[C@]3(C)C(=O)CC[C@@H]23)[C@@]2(C)CCC(=O)CC12. The Labute approximate surface area is 140 Å². The van der Waals surface area contributed by atoms with Gasteiger partial charge in [-0.3, -0.25) is 9.59 Å². The molecule has 0 spiro atoms. The molecular weight excluding hydrogens is 284 g/mol. The summed E-state index contributed by atoms with van der Waals surface area (Å²) in [6, 6.07) is 0. The molecule has 0 N–H and O–H groups in total. The molecule has 0 aromatic heterocycles. The molecule has 0 aromatic rings. The molecule has 0 aliphatic heterocycles.